The lowest BCUT2D eigenvalue weighted by atomic mass is 10.1. The van der Waals surface area contributed by atoms with E-state index in [2.05, 4.69) is 9.84 Å². The summed E-state index contributed by atoms with van der Waals surface area (Å²) >= 11 is 0. The first-order valence-corrected chi connectivity index (χ1v) is 5.95. The van der Waals surface area contributed by atoms with Crippen LogP contribution in [0.25, 0.3) is 5.69 Å². The number of hydrogen-bond acceptors (Lipinski definition) is 5. The highest BCUT2D eigenvalue weighted by Crippen LogP contribution is 2.27. The molecule has 1 aromatic heterocycles. The lowest BCUT2D eigenvalue weighted by molar-refractivity contribution is -0.384. The largest absolute Gasteiger partial charge is 0.465 e. The fourth-order valence-corrected chi connectivity index (χ4v) is 2.01. The first-order valence-electron chi connectivity index (χ1n) is 5.95. The molecule has 0 aliphatic heterocycles. The monoisotopic (exact) mass is 293 g/mol. The second kappa shape index (κ2) is 5.31. The normalized spacial score (nSPS) is 10.5. The molecule has 0 bridgehead atoms. The summed E-state index contributed by atoms with van der Waals surface area (Å²) in [4.78, 5) is 21.9. The second-order valence-corrected chi connectivity index (χ2v) is 4.41. The number of nitro benzene ring substituents is 1. The average molecular weight is 293 g/mol. The van der Waals surface area contributed by atoms with Crippen LogP contribution >= 0.6 is 0 Å². The number of nitro groups is 1. The highest BCUT2D eigenvalue weighted by Gasteiger charge is 2.24. The minimum absolute atomic E-state index is 0.00685. The van der Waals surface area contributed by atoms with E-state index in [0.29, 0.717) is 17.5 Å². The number of carbonyl (C=O) groups excluding carboxylic acids is 1. The fraction of sp³-hybridized carbons (Fsp3) is 0.231. The van der Waals surface area contributed by atoms with E-state index < -0.39 is 22.4 Å². The third kappa shape index (κ3) is 2.60. The topological polar surface area (TPSA) is 87.3 Å². The van der Waals surface area contributed by atoms with Gasteiger partial charge >= 0.3 is 5.97 Å². The van der Waals surface area contributed by atoms with Gasteiger partial charge in [-0.1, -0.05) is 0 Å². The number of esters is 1. The van der Waals surface area contributed by atoms with Crippen LogP contribution in [0.1, 0.15) is 21.7 Å². The summed E-state index contributed by atoms with van der Waals surface area (Å²) in [5.41, 5.74) is 0.410. The maximum absolute atomic E-state index is 13.8. The number of ether oxygens (including phenoxy) is 1. The standard InChI is InChI=1S/C13H12FN3O4/c1-7-4-8(2)16(15-7)11-5-9(13(18)21-3)10(14)6-12(11)17(19)20/h4-6H,1-3H3. The van der Waals surface area contributed by atoms with Gasteiger partial charge < -0.3 is 4.74 Å². The lowest BCUT2D eigenvalue weighted by Gasteiger charge is -2.08. The predicted molar refractivity (Wildman–Crippen MR) is 71.0 cm³/mol. The zero-order valence-corrected chi connectivity index (χ0v) is 11.6. The van der Waals surface area contributed by atoms with Gasteiger partial charge in [0.25, 0.3) is 5.69 Å². The van der Waals surface area contributed by atoms with E-state index in [9.17, 15) is 19.3 Å². The summed E-state index contributed by atoms with van der Waals surface area (Å²) in [6, 6.07) is 3.47. The van der Waals surface area contributed by atoms with Crippen LogP contribution in [0.5, 0.6) is 0 Å². The number of halogens is 1. The third-order valence-corrected chi connectivity index (χ3v) is 2.90. The molecule has 21 heavy (non-hydrogen) atoms. The smallest absolute Gasteiger partial charge is 0.340 e. The maximum Gasteiger partial charge on any atom is 0.340 e. The molecule has 1 aromatic carbocycles. The van der Waals surface area contributed by atoms with Gasteiger partial charge in [-0.2, -0.15) is 5.10 Å². The molecule has 0 fully saturated rings. The Hall–Kier alpha value is -2.77. The molecule has 0 aliphatic rings. The number of benzene rings is 1. The van der Waals surface area contributed by atoms with Crippen molar-refractivity contribution in [3.05, 3.63) is 51.1 Å². The van der Waals surface area contributed by atoms with Crippen molar-refractivity contribution in [2.75, 3.05) is 7.11 Å². The van der Waals surface area contributed by atoms with Crippen molar-refractivity contribution in [1.29, 1.82) is 0 Å². The number of methoxy groups -OCH3 is 1. The van der Waals surface area contributed by atoms with Crippen LogP contribution in [-0.2, 0) is 4.74 Å². The zero-order chi connectivity index (χ0) is 15.7. The Balaban J connectivity index is 2.75. The van der Waals surface area contributed by atoms with E-state index in [1.165, 1.54) is 4.68 Å². The first kappa shape index (κ1) is 14.6. The van der Waals surface area contributed by atoms with Crippen LogP contribution in [-0.4, -0.2) is 27.8 Å². The molecule has 0 saturated carbocycles. The van der Waals surface area contributed by atoms with Crippen molar-refractivity contribution in [3.8, 4) is 5.69 Å². The molecule has 0 unspecified atom stereocenters. The van der Waals surface area contributed by atoms with Gasteiger partial charge in [-0.3, -0.25) is 10.1 Å². The van der Waals surface area contributed by atoms with Crippen LogP contribution in [0, 0.1) is 29.8 Å². The molecule has 7 nitrogen and oxygen atoms in total. The minimum Gasteiger partial charge on any atom is -0.465 e. The number of rotatable bonds is 3. The van der Waals surface area contributed by atoms with E-state index in [1.807, 2.05) is 0 Å². The van der Waals surface area contributed by atoms with Gasteiger partial charge in [0, 0.05) is 5.69 Å². The first-order chi connectivity index (χ1) is 9.85. The summed E-state index contributed by atoms with van der Waals surface area (Å²) in [5.74, 6) is -1.93. The Kier molecular flexibility index (Phi) is 3.70. The van der Waals surface area contributed by atoms with Crippen molar-refractivity contribution in [3.63, 3.8) is 0 Å². The third-order valence-electron chi connectivity index (χ3n) is 2.90. The molecule has 8 heteroatoms. The molecule has 0 saturated heterocycles. The van der Waals surface area contributed by atoms with Crippen molar-refractivity contribution in [2.24, 2.45) is 0 Å². The van der Waals surface area contributed by atoms with Crippen LogP contribution < -0.4 is 0 Å². The zero-order valence-electron chi connectivity index (χ0n) is 11.6. The number of aryl methyl sites for hydroxylation is 2. The lowest BCUT2D eigenvalue weighted by Crippen LogP contribution is -2.10. The summed E-state index contributed by atoms with van der Waals surface area (Å²) < 4.78 is 19.6. The van der Waals surface area contributed by atoms with Gasteiger partial charge in [-0.05, 0) is 26.0 Å². The molecule has 0 spiro atoms. The minimum atomic E-state index is -1.01. The molecule has 0 N–H and O–H groups in total. The summed E-state index contributed by atoms with van der Waals surface area (Å²) in [6.07, 6.45) is 0. The number of aromatic nitrogens is 2. The SMILES string of the molecule is COC(=O)c1cc(-n2nc(C)cc2C)c([N+](=O)[O-])cc1F. The van der Waals surface area contributed by atoms with E-state index in [1.54, 1.807) is 19.9 Å². The summed E-state index contributed by atoms with van der Waals surface area (Å²) in [6.45, 7) is 3.42. The van der Waals surface area contributed by atoms with Crippen molar-refractivity contribution < 1.29 is 18.8 Å². The molecule has 0 atom stereocenters. The molecular formula is C13H12FN3O4. The Labute approximate surface area is 119 Å². The average Bonchev–Trinajstić information content (AvgIpc) is 2.76. The highest BCUT2D eigenvalue weighted by atomic mass is 19.1. The van der Waals surface area contributed by atoms with Gasteiger partial charge in [0.1, 0.15) is 11.5 Å². The summed E-state index contributed by atoms with van der Waals surface area (Å²) in [7, 11) is 1.10. The number of hydrogen-bond donors (Lipinski definition) is 0. The van der Waals surface area contributed by atoms with Crippen LogP contribution in [0.2, 0.25) is 0 Å². The van der Waals surface area contributed by atoms with Crippen molar-refractivity contribution in [1.82, 2.24) is 9.78 Å². The van der Waals surface area contributed by atoms with Gasteiger partial charge in [-0.15, -0.1) is 0 Å². The van der Waals surface area contributed by atoms with E-state index in [-0.39, 0.29) is 11.3 Å². The van der Waals surface area contributed by atoms with Crippen LogP contribution in [0.3, 0.4) is 0 Å². The summed E-state index contributed by atoms with van der Waals surface area (Å²) in [5, 5.41) is 15.2. The Morgan fingerprint density at radius 2 is 2.05 bits per heavy atom. The van der Waals surface area contributed by atoms with Crippen molar-refractivity contribution >= 4 is 11.7 Å². The van der Waals surface area contributed by atoms with Gasteiger partial charge in [-0.25, -0.2) is 13.9 Å². The van der Waals surface area contributed by atoms with Gasteiger partial charge in [0.2, 0.25) is 0 Å². The second-order valence-electron chi connectivity index (χ2n) is 4.41. The molecule has 110 valence electrons. The van der Waals surface area contributed by atoms with Gasteiger partial charge in [0.05, 0.1) is 29.4 Å². The highest BCUT2D eigenvalue weighted by molar-refractivity contribution is 5.91. The fourth-order valence-electron chi connectivity index (χ4n) is 2.01. The molecule has 2 rings (SSSR count). The van der Waals surface area contributed by atoms with Crippen LogP contribution in [0.4, 0.5) is 10.1 Å². The number of nitrogens with zero attached hydrogens (tertiary/aromatic N) is 3. The molecular weight excluding hydrogens is 281 g/mol. The molecule has 1 heterocycles. The van der Waals surface area contributed by atoms with Crippen molar-refractivity contribution in [2.45, 2.75) is 13.8 Å². The van der Waals surface area contributed by atoms with E-state index >= 15 is 0 Å². The Bertz CT molecular complexity index is 739. The van der Waals surface area contributed by atoms with E-state index in [4.69, 9.17) is 0 Å². The molecule has 2 aromatic rings. The predicted octanol–water partition coefficient (Wildman–Crippen LogP) is 2.32. The van der Waals surface area contributed by atoms with Gasteiger partial charge in [0.15, 0.2) is 0 Å². The quantitative estimate of drug-likeness (QED) is 0.492. The Morgan fingerprint density at radius 3 is 2.52 bits per heavy atom. The Morgan fingerprint density at radius 1 is 1.38 bits per heavy atom. The molecule has 0 radical (unpaired) electrons. The van der Waals surface area contributed by atoms with Crippen LogP contribution in [0.15, 0.2) is 18.2 Å². The van der Waals surface area contributed by atoms with E-state index in [0.717, 1.165) is 13.2 Å². The molecule has 0 amide bonds. The maximum atomic E-state index is 13.8. The number of carbonyl (C=O) groups is 1. The molecule has 0 aliphatic carbocycles.